The molecule has 0 bridgehead atoms. The third-order valence-electron chi connectivity index (χ3n) is 4.97. The van der Waals surface area contributed by atoms with E-state index in [0.717, 1.165) is 25.8 Å². The highest BCUT2D eigenvalue weighted by Crippen LogP contribution is 2.35. The molecule has 1 amide bonds. The fourth-order valence-electron chi connectivity index (χ4n) is 3.88. The van der Waals surface area contributed by atoms with Crippen molar-refractivity contribution in [3.8, 4) is 0 Å². The molecule has 0 aromatic rings. The highest BCUT2D eigenvalue weighted by molar-refractivity contribution is 7.89. The molecule has 2 atom stereocenters. The minimum Gasteiger partial charge on any atom is -0.339 e. The molecule has 0 spiro atoms. The fourth-order valence-corrected chi connectivity index (χ4v) is 5.33. The highest BCUT2D eigenvalue weighted by atomic mass is 32.2. The summed E-state index contributed by atoms with van der Waals surface area (Å²) in [4.78, 5) is 14.4. The summed E-state index contributed by atoms with van der Waals surface area (Å²) in [5, 5.41) is 0. The van der Waals surface area contributed by atoms with E-state index in [9.17, 15) is 13.2 Å². The normalized spacial score (nSPS) is 26.7. The van der Waals surface area contributed by atoms with Crippen molar-refractivity contribution in [2.45, 2.75) is 58.4 Å². The first-order chi connectivity index (χ1) is 9.99. The van der Waals surface area contributed by atoms with E-state index in [1.165, 1.54) is 23.6 Å². The van der Waals surface area contributed by atoms with Gasteiger partial charge in [0.25, 0.3) is 0 Å². The standard InChI is InChI=1S/C15H28N2O3S/c1-3-16(4-2)21(19,20)12-15(18)17-11-7-9-13-8-5-6-10-14(13)17/h13-14H,3-12H2,1-2H3/t13-,14-/m1/s1. The van der Waals surface area contributed by atoms with Crippen LogP contribution in [-0.4, -0.2) is 55.0 Å². The van der Waals surface area contributed by atoms with Crippen molar-refractivity contribution in [1.82, 2.24) is 9.21 Å². The van der Waals surface area contributed by atoms with E-state index in [1.54, 1.807) is 0 Å². The summed E-state index contributed by atoms with van der Waals surface area (Å²) in [6.45, 7) is 5.21. The molecule has 21 heavy (non-hydrogen) atoms. The van der Waals surface area contributed by atoms with Crippen molar-refractivity contribution in [2.24, 2.45) is 5.92 Å². The molecule has 6 heteroatoms. The Bertz CT molecular complexity index is 458. The van der Waals surface area contributed by atoms with Crippen LogP contribution in [0, 0.1) is 5.92 Å². The van der Waals surface area contributed by atoms with Crippen LogP contribution in [0.1, 0.15) is 52.4 Å². The lowest BCUT2D eigenvalue weighted by Crippen LogP contribution is -2.52. The number of rotatable bonds is 5. The van der Waals surface area contributed by atoms with Gasteiger partial charge in [-0.25, -0.2) is 12.7 Å². The van der Waals surface area contributed by atoms with Gasteiger partial charge >= 0.3 is 0 Å². The van der Waals surface area contributed by atoms with Crippen molar-refractivity contribution >= 4 is 15.9 Å². The molecule has 1 saturated heterocycles. The second kappa shape index (κ2) is 7.09. The monoisotopic (exact) mass is 316 g/mol. The number of sulfonamides is 1. The Morgan fingerprint density at radius 2 is 1.71 bits per heavy atom. The number of carbonyl (C=O) groups excluding carboxylic acids is 1. The van der Waals surface area contributed by atoms with Gasteiger partial charge in [-0.15, -0.1) is 0 Å². The molecule has 0 unspecified atom stereocenters. The molecule has 0 N–H and O–H groups in total. The predicted octanol–water partition coefficient (Wildman–Crippen LogP) is 1.84. The van der Waals surface area contributed by atoms with Crippen LogP contribution in [0.3, 0.4) is 0 Å². The van der Waals surface area contributed by atoms with Crippen LogP contribution in [-0.2, 0) is 14.8 Å². The molecule has 1 aliphatic carbocycles. The van der Waals surface area contributed by atoms with Crippen molar-refractivity contribution in [1.29, 1.82) is 0 Å². The lowest BCUT2D eigenvalue weighted by Gasteiger charge is -2.44. The van der Waals surface area contributed by atoms with Crippen LogP contribution in [0.25, 0.3) is 0 Å². The Kier molecular flexibility index (Phi) is 5.66. The fraction of sp³-hybridized carbons (Fsp3) is 0.933. The van der Waals surface area contributed by atoms with Gasteiger partial charge in [0, 0.05) is 25.7 Å². The van der Waals surface area contributed by atoms with Gasteiger partial charge in [-0.2, -0.15) is 0 Å². The molecule has 0 radical (unpaired) electrons. The van der Waals surface area contributed by atoms with Crippen molar-refractivity contribution < 1.29 is 13.2 Å². The summed E-state index contributed by atoms with van der Waals surface area (Å²) in [7, 11) is -3.47. The molecule has 2 rings (SSSR count). The van der Waals surface area contributed by atoms with E-state index in [4.69, 9.17) is 0 Å². The van der Waals surface area contributed by atoms with Gasteiger partial charge in [0.1, 0.15) is 5.75 Å². The van der Waals surface area contributed by atoms with Gasteiger partial charge in [0.05, 0.1) is 0 Å². The molecular weight excluding hydrogens is 288 g/mol. The van der Waals surface area contributed by atoms with Crippen LogP contribution in [0.2, 0.25) is 0 Å². The maximum Gasteiger partial charge on any atom is 0.239 e. The number of amides is 1. The Hall–Kier alpha value is -0.620. The van der Waals surface area contributed by atoms with Crippen LogP contribution in [0.5, 0.6) is 0 Å². The molecule has 2 aliphatic rings. The Morgan fingerprint density at radius 1 is 1.10 bits per heavy atom. The first-order valence-corrected chi connectivity index (χ1v) is 9.87. The zero-order valence-corrected chi connectivity index (χ0v) is 14.1. The van der Waals surface area contributed by atoms with E-state index in [-0.39, 0.29) is 17.7 Å². The first kappa shape index (κ1) is 16.7. The summed E-state index contributed by atoms with van der Waals surface area (Å²) in [6.07, 6.45) is 6.85. The maximum atomic E-state index is 12.5. The number of piperidine rings is 1. The zero-order valence-electron chi connectivity index (χ0n) is 13.3. The van der Waals surface area contributed by atoms with Gasteiger partial charge in [0.15, 0.2) is 0 Å². The van der Waals surface area contributed by atoms with E-state index in [1.807, 2.05) is 18.7 Å². The summed E-state index contributed by atoms with van der Waals surface area (Å²) in [5.41, 5.74) is 0. The summed E-state index contributed by atoms with van der Waals surface area (Å²) >= 11 is 0. The van der Waals surface area contributed by atoms with Crippen molar-refractivity contribution in [2.75, 3.05) is 25.4 Å². The lowest BCUT2D eigenvalue weighted by molar-refractivity contribution is -0.134. The van der Waals surface area contributed by atoms with E-state index < -0.39 is 10.0 Å². The van der Waals surface area contributed by atoms with E-state index >= 15 is 0 Å². The number of hydrogen-bond acceptors (Lipinski definition) is 3. The maximum absolute atomic E-state index is 12.5. The predicted molar refractivity (Wildman–Crippen MR) is 83.4 cm³/mol. The molecule has 5 nitrogen and oxygen atoms in total. The molecule has 0 aromatic carbocycles. The van der Waals surface area contributed by atoms with Crippen molar-refractivity contribution in [3.05, 3.63) is 0 Å². The largest absolute Gasteiger partial charge is 0.339 e. The Labute approximate surface area is 128 Å². The van der Waals surface area contributed by atoms with Crippen LogP contribution < -0.4 is 0 Å². The molecule has 122 valence electrons. The third-order valence-corrected chi connectivity index (χ3v) is 6.88. The average molecular weight is 316 g/mol. The van der Waals surface area contributed by atoms with Gasteiger partial charge in [-0.05, 0) is 31.6 Å². The van der Waals surface area contributed by atoms with Gasteiger partial charge in [-0.1, -0.05) is 26.7 Å². The van der Waals surface area contributed by atoms with Crippen LogP contribution in [0.15, 0.2) is 0 Å². The van der Waals surface area contributed by atoms with Crippen molar-refractivity contribution in [3.63, 3.8) is 0 Å². The number of nitrogens with zero attached hydrogens (tertiary/aromatic N) is 2. The summed E-state index contributed by atoms with van der Waals surface area (Å²) < 4.78 is 26.0. The quantitative estimate of drug-likeness (QED) is 0.777. The molecule has 2 fully saturated rings. The second-order valence-corrected chi connectivity index (χ2v) is 8.15. The number of fused-ring (bicyclic) bond motifs is 1. The number of likely N-dealkylation sites (tertiary alicyclic amines) is 1. The lowest BCUT2D eigenvalue weighted by atomic mass is 9.78. The highest BCUT2D eigenvalue weighted by Gasteiger charge is 2.37. The minimum atomic E-state index is -3.47. The summed E-state index contributed by atoms with van der Waals surface area (Å²) in [6, 6.07) is 0.284. The number of hydrogen-bond donors (Lipinski definition) is 0. The van der Waals surface area contributed by atoms with Crippen LogP contribution >= 0.6 is 0 Å². The number of carbonyl (C=O) groups is 1. The Balaban J connectivity index is 2.05. The van der Waals surface area contributed by atoms with Gasteiger partial charge in [0.2, 0.25) is 15.9 Å². The molecule has 0 aromatic heterocycles. The second-order valence-electron chi connectivity index (χ2n) is 6.18. The smallest absolute Gasteiger partial charge is 0.239 e. The Morgan fingerprint density at radius 3 is 2.38 bits per heavy atom. The van der Waals surface area contributed by atoms with E-state index in [0.29, 0.717) is 19.0 Å². The molecule has 1 heterocycles. The third kappa shape index (κ3) is 3.77. The molecule has 1 aliphatic heterocycles. The molecule has 1 saturated carbocycles. The zero-order chi connectivity index (χ0) is 15.5. The first-order valence-electron chi connectivity index (χ1n) is 8.27. The molecular formula is C15H28N2O3S. The summed E-state index contributed by atoms with van der Waals surface area (Å²) in [5.74, 6) is 0.0313. The minimum absolute atomic E-state index is 0.196. The SMILES string of the molecule is CCN(CC)S(=O)(=O)CC(=O)N1CCC[C@H]2CCCC[C@H]21. The van der Waals surface area contributed by atoms with Gasteiger partial charge < -0.3 is 4.90 Å². The van der Waals surface area contributed by atoms with Gasteiger partial charge in [-0.3, -0.25) is 4.79 Å². The van der Waals surface area contributed by atoms with E-state index in [2.05, 4.69) is 0 Å². The average Bonchev–Trinajstić information content (AvgIpc) is 2.47. The topological polar surface area (TPSA) is 57.7 Å². The van der Waals surface area contributed by atoms with Crippen LogP contribution in [0.4, 0.5) is 0 Å².